The van der Waals surface area contributed by atoms with E-state index < -0.39 is 5.82 Å². The summed E-state index contributed by atoms with van der Waals surface area (Å²) in [4.78, 5) is 16.9. The molecule has 0 saturated carbocycles. The SMILES string of the molecule is Cc1c(Oc2ccc3c(c2)ncn3C)ccc(Nc2ncnc3ccc(Cl)nc23)c1F. The Morgan fingerprint density at radius 3 is 2.77 bits per heavy atom. The van der Waals surface area contributed by atoms with Crippen molar-refractivity contribution in [2.24, 2.45) is 7.05 Å². The van der Waals surface area contributed by atoms with Crippen molar-refractivity contribution < 1.29 is 9.13 Å². The van der Waals surface area contributed by atoms with Gasteiger partial charge in [-0.05, 0) is 43.3 Å². The van der Waals surface area contributed by atoms with Crippen molar-refractivity contribution in [3.63, 3.8) is 0 Å². The first-order valence-corrected chi connectivity index (χ1v) is 9.80. The van der Waals surface area contributed by atoms with Gasteiger partial charge < -0.3 is 14.6 Å². The van der Waals surface area contributed by atoms with Crippen LogP contribution in [0.25, 0.3) is 22.1 Å². The van der Waals surface area contributed by atoms with Crippen LogP contribution in [0.2, 0.25) is 5.15 Å². The van der Waals surface area contributed by atoms with E-state index in [1.165, 1.54) is 6.33 Å². The maximum atomic E-state index is 15.1. The van der Waals surface area contributed by atoms with Crippen LogP contribution in [-0.4, -0.2) is 24.5 Å². The summed E-state index contributed by atoms with van der Waals surface area (Å²) in [5.74, 6) is 0.896. The summed E-state index contributed by atoms with van der Waals surface area (Å²) in [5, 5.41) is 3.29. The third kappa shape index (κ3) is 3.51. The second-order valence-electron chi connectivity index (χ2n) is 7.01. The highest BCUT2D eigenvalue weighted by Crippen LogP contribution is 2.33. The van der Waals surface area contributed by atoms with Gasteiger partial charge >= 0.3 is 0 Å². The number of nitrogens with zero attached hydrogens (tertiary/aromatic N) is 5. The van der Waals surface area contributed by atoms with Crippen LogP contribution in [0.1, 0.15) is 5.56 Å². The van der Waals surface area contributed by atoms with Gasteiger partial charge in [-0.1, -0.05) is 11.6 Å². The van der Waals surface area contributed by atoms with Crippen molar-refractivity contribution in [3.8, 4) is 11.5 Å². The average Bonchev–Trinajstić information content (AvgIpc) is 3.14. The van der Waals surface area contributed by atoms with Gasteiger partial charge in [0.1, 0.15) is 28.5 Å². The molecule has 0 saturated heterocycles. The van der Waals surface area contributed by atoms with Gasteiger partial charge in [-0.25, -0.2) is 24.3 Å². The molecule has 5 aromatic rings. The Hall–Kier alpha value is -3.78. The van der Waals surface area contributed by atoms with Crippen LogP contribution in [0.3, 0.4) is 0 Å². The maximum Gasteiger partial charge on any atom is 0.160 e. The molecule has 9 heteroatoms. The van der Waals surface area contributed by atoms with Crippen LogP contribution in [0, 0.1) is 12.7 Å². The largest absolute Gasteiger partial charge is 0.457 e. The molecule has 154 valence electrons. The number of hydrogen-bond acceptors (Lipinski definition) is 6. The van der Waals surface area contributed by atoms with Gasteiger partial charge in [0.05, 0.1) is 28.6 Å². The zero-order chi connectivity index (χ0) is 21.5. The first-order valence-electron chi connectivity index (χ1n) is 9.42. The highest BCUT2D eigenvalue weighted by molar-refractivity contribution is 6.29. The van der Waals surface area contributed by atoms with Crippen LogP contribution < -0.4 is 10.1 Å². The van der Waals surface area contributed by atoms with Crippen molar-refractivity contribution >= 4 is 45.2 Å². The molecule has 0 amide bonds. The predicted molar refractivity (Wildman–Crippen MR) is 118 cm³/mol. The monoisotopic (exact) mass is 434 g/mol. The van der Waals surface area contributed by atoms with E-state index in [1.54, 1.807) is 37.5 Å². The number of rotatable bonds is 4. The summed E-state index contributed by atoms with van der Waals surface area (Å²) < 4.78 is 23.0. The lowest BCUT2D eigenvalue weighted by atomic mass is 10.1. The molecule has 5 rings (SSSR count). The second kappa shape index (κ2) is 7.48. The number of aryl methyl sites for hydroxylation is 1. The molecule has 3 aromatic heterocycles. The fraction of sp³-hybridized carbons (Fsp3) is 0.0909. The lowest BCUT2D eigenvalue weighted by Crippen LogP contribution is -2.01. The summed E-state index contributed by atoms with van der Waals surface area (Å²) in [6, 6.07) is 12.2. The first-order chi connectivity index (χ1) is 15.0. The molecule has 0 aliphatic rings. The fourth-order valence-corrected chi connectivity index (χ4v) is 3.46. The van der Waals surface area contributed by atoms with E-state index in [1.807, 2.05) is 29.8 Å². The summed E-state index contributed by atoms with van der Waals surface area (Å²) in [7, 11) is 1.92. The lowest BCUT2D eigenvalue weighted by molar-refractivity contribution is 0.472. The topological polar surface area (TPSA) is 77.8 Å². The van der Waals surface area contributed by atoms with Crippen LogP contribution >= 0.6 is 11.6 Å². The molecule has 0 fully saturated rings. The molecule has 0 aliphatic heterocycles. The third-order valence-electron chi connectivity index (χ3n) is 4.96. The molecule has 7 nitrogen and oxygen atoms in total. The van der Waals surface area contributed by atoms with E-state index in [0.29, 0.717) is 39.1 Å². The smallest absolute Gasteiger partial charge is 0.160 e. The number of imidazole rings is 1. The number of benzene rings is 2. The molecular formula is C22H16ClFN6O. The molecule has 3 heterocycles. The number of ether oxygens (including phenoxy) is 1. The lowest BCUT2D eigenvalue weighted by Gasteiger charge is -2.14. The Bertz CT molecular complexity index is 1450. The molecule has 0 aliphatic carbocycles. The van der Waals surface area contributed by atoms with Crippen molar-refractivity contribution in [1.29, 1.82) is 0 Å². The zero-order valence-corrected chi connectivity index (χ0v) is 17.4. The van der Waals surface area contributed by atoms with Crippen LogP contribution in [0.4, 0.5) is 15.9 Å². The molecule has 2 aromatic carbocycles. The summed E-state index contributed by atoms with van der Waals surface area (Å²) in [6.45, 7) is 1.66. The summed E-state index contributed by atoms with van der Waals surface area (Å²) >= 11 is 5.99. The van der Waals surface area contributed by atoms with Crippen molar-refractivity contribution in [3.05, 3.63) is 71.7 Å². The van der Waals surface area contributed by atoms with Crippen molar-refractivity contribution in [1.82, 2.24) is 24.5 Å². The van der Waals surface area contributed by atoms with E-state index in [-0.39, 0.29) is 5.69 Å². The summed E-state index contributed by atoms with van der Waals surface area (Å²) in [6.07, 6.45) is 3.12. The van der Waals surface area contributed by atoms with Gasteiger partial charge in [0.15, 0.2) is 11.6 Å². The van der Waals surface area contributed by atoms with Gasteiger partial charge in [0, 0.05) is 18.7 Å². The Balaban J connectivity index is 1.46. The number of nitrogens with one attached hydrogen (secondary N) is 1. The summed E-state index contributed by atoms with van der Waals surface area (Å²) in [5.41, 5.74) is 3.45. The second-order valence-corrected chi connectivity index (χ2v) is 7.39. The Morgan fingerprint density at radius 1 is 1.03 bits per heavy atom. The van der Waals surface area contributed by atoms with E-state index in [0.717, 1.165) is 11.0 Å². The van der Waals surface area contributed by atoms with Gasteiger partial charge in [-0.15, -0.1) is 0 Å². The Kier molecular flexibility index (Phi) is 4.63. The molecule has 1 N–H and O–H groups in total. The number of aromatic nitrogens is 5. The molecule has 0 atom stereocenters. The van der Waals surface area contributed by atoms with Crippen molar-refractivity contribution in [2.45, 2.75) is 6.92 Å². The molecular weight excluding hydrogens is 419 g/mol. The number of halogens is 2. The van der Waals surface area contributed by atoms with E-state index in [2.05, 4.69) is 25.3 Å². The van der Waals surface area contributed by atoms with Crippen molar-refractivity contribution in [2.75, 3.05) is 5.32 Å². The van der Waals surface area contributed by atoms with E-state index in [4.69, 9.17) is 16.3 Å². The van der Waals surface area contributed by atoms with E-state index in [9.17, 15) is 0 Å². The minimum Gasteiger partial charge on any atom is -0.457 e. The third-order valence-corrected chi connectivity index (χ3v) is 5.17. The molecule has 0 spiro atoms. The van der Waals surface area contributed by atoms with Crippen LogP contribution in [0.15, 0.2) is 55.1 Å². The zero-order valence-electron chi connectivity index (χ0n) is 16.6. The van der Waals surface area contributed by atoms with E-state index >= 15 is 4.39 Å². The van der Waals surface area contributed by atoms with Crippen LogP contribution in [0.5, 0.6) is 11.5 Å². The molecule has 0 unspecified atom stereocenters. The molecule has 0 radical (unpaired) electrons. The van der Waals surface area contributed by atoms with Crippen LogP contribution in [-0.2, 0) is 7.05 Å². The Labute approximate surface area is 181 Å². The van der Waals surface area contributed by atoms with Gasteiger partial charge in [0.2, 0.25) is 0 Å². The first kappa shape index (κ1) is 19.2. The molecule has 0 bridgehead atoms. The highest BCUT2D eigenvalue weighted by atomic mass is 35.5. The maximum absolute atomic E-state index is 15.1. The number of hydrogen-bond donors (Lipinski definition) is 1. The quantitative estimate of drug-likeness (QED) is 0.374. The molecule has 31 heavy (non-hydrogen) atoms. The fourth-order valence-electron chi connectivity index (χ4n) is 3.32. The number of fused-ring (bicyclic) bond motifs is 2. The Morgan fingerprint density at radius 2 is 1.90 bits per heavy atom. The normalized spacial score (nSPS) is 11.2. The minimum atomic E-state index is -0.454. The van der Waals surface area contributed by atoms with Gasteiger partial charge in [-0.3, -0.25) is 0 Å². The number of pyridine rings is 1. The minimum absolute atomic E-state index is 0.242. The standard InChI is InChI=1S/C22H16ClFN6O/c1-12-18(31-13-3-6-17-16(9-13)27-11-30(17)2)7-4-14(20(12)24)28-22-21-15(25-10-26-22)5-8-19(23)29-21/h3-11H,1-2H3,(H,25,26,28). The predicted octanol–water partition coefficient (Wildman–Crippen LogP) is 5.55. The highest BCUT2D eigenvalue weighted by Gasteiger charge is 2.15. The van der Waals surface area contributed by atoms with Gasteiger partial charge in [0.25, 0.3) is 0 Å². The van der Waals surface area contributed by atoms with Gasteiger partial charge in [-0.2, -0.15) is 0 Å². The number of anilines is 2. The average molecular weight is 435 g/mol.